The molecule has 0 bridgehead atoms. The van der Waals surface area contributed by atoms with E-state index >= 15 is 0 Å². The Kier molecular flexibility index (Phi) is 7.90. The molecule has 2 aromatic carbocycles. The lowest BCUT2D eigenvalue weighted by molar-refractivity contribution is -0.155. The summed E-state index contributed by atoms with van der Waals surface area (Å²) in [6.45, 7) is 1.33. The Hall–Kier alpha value is -3.68. The molecular formula is C21H22N2O6. The van der Waals surface area contributed by atoms with Crippen molar-refractivity contribution in [2.75, 3.05) is 7.11 Å². The summed E-state index contributed by atoms with van der Waals surface area (Å²) in [4.78, 5) is 47.8. The second-order valence-corrected chi connectivity index (χ2v) is 6.12. The highest BCUT2D eigenvalue weighted by Gasteiger charge is 2.24. The fourth-order valence-electron chi connectivity index (χ4n) is 2.49. The third kappa shape index (κ3) is 6.76. The van der Waals surface area contributed by atoms with Crippen LogP contribution in [0.3, 0.4) is 0 Å². The van der Waals surface area contributed by atoms with E-state index in [0.29, 0.717) is 11.1 Å². The lowest BCUT2D eigenvalue weighted by atomic mass is 10.0. The zero-order valence-corrected chi connectivity index (χ0v) is 16.1. The van der Waals surface area contributed by atoms with Crippen LogP contribution in [0.1, 0.15) is 35.3 Å². The summed E-state index contributed by atoms with van der Waals surface area (Å²) in [7, 11) is 1.11. The van der Waals surface area contributed by atoms with Crippen LogP contribution >= 0.6 is 0 Å². The fraction of sp³-hybridized carbons (Fsp3) is 0.238. The van der Waals surface area contributed by atoms with Crippen molar-refractivity contribution in [2.24, 2.45) is 0 Å². The first-order chi connectivity index (χ1) is 13.9. The largest absolute Gasteiger partial charge is 0.453 e. The average molecular weight is 398 g/mol. The van der Waals surface area contributed by atoms with E-state index in [-0.39, 0.29) is 12.3 Å². The van der Waals surface area contributed by atoms with Crippen molar-refractivity contribution in [2.45, 2.75) is 25.5 Å². The van der Waals surface area contributed by atoms with Gasteiger partial charge in [-0.1, -0.05) is 48.5 Å². The SMILES string of the molecule is COC(=O)NC(=O)[C@H](C)OC(=O)C[C@H](NC(=O)c1ccccc1)c1ccccc1. The standard InChI is InChI=1S/C21H22N2O6/c1-14(19(25)23-21(27)28-2)29-18(24)13-17(15-9-5-3-6-10-15)22-20(26)16-11-7-4-8-12-16/h3-12,14,17H,13H2,1-2H3,(H,22,26)(H,23,25,27)/t14-,17-/m0/s1. The van der Waals surface area contributed by atoms with Gasteiger partial charge in [0.15, 0.2) is 6.10 Å². The zero-order valence-electron chi connectivity index (χ0n) is 16.1. The van der Waals surface area contributed by atoms with E-state index in [1.807, 2.05) is 11.4 Å². The van der Waals surface area contributed by atoms with Gasteiger partial charge in [-0.3, -0.25) is 19.7 Å². The van der Waals surface area contributed by atoms with Crippen LogP contribution in [0.2, 0.25) is 0 Å². The quantitative estimate of drug-likeness (QED) is 0.693. The average Bonchev–Trinajstić information content (AvgIpc) is 2.74. The number of carbonyl (C=O) groups is 4. The van der Waals surface area contributed by atoms with Gasteiger partial charge in [-0.2, -0.15) is 0 Å². The summed E-state index contributed by atoms with van der Waals surface area (Å²) in [5.41, 5.74) is 1.16. The molecule has 0 radical (unpaired) electrons. The highest BCUT2D eigenvalue weighted by Crippen LogP contribution is 2.18. The van der Waals surface area contributed by atoms with Crippen LogP contribution in [0.15, 0.2) is 60.7 Å². The Morgan fingerprint density at radius 2 is 1.52 bits per heavy atom. The van der Waals surface area contributed by atoms with Crippen molar-refractivity contribution in [3.8, 4) is 0 Å². The van der Waals surface area contributed by atoms with E-state index in [1.165, 1.54) is 6.92 Å². The fourth-order valence-corrected chi connectivity index (χ4v) is 2.49. The Morgan fingerprint density at radius 1 is 0.931 bits per heavy atom. The predicted molar refractivity (Wildman–Crippen MR) is 104 cm³/mol. The van der Waals surface area contributed by atoms with Gasteiger partial charge in [0, 0.05) is 5.56 Å². The monoisotopic (exact) mass is 398 g/mol. The maximum Gasteiger partial charge on any atom is 0.413 e. The summed E-state index contributed by atoms with van der Waals surface area (Å²) in [5, 5.41) is 4.74. The summed E-state index contributed by atoms with van der Waals surface area (Å²) < 4.78 is 9.41. The van der Waals surface area contributed by atoms with E-state index in [2.05, 4.69) is 10.1 Å². The first-order valence-corrected chi connectivity index (χ1v) is 8.90. The van der Waals surface area contributed by atoms with Gasteiger partial charge in [0.05, 0.1) is 19.6 Å². The van der Waals surface area contributed by atoms with Gasteiger partial charge < -0.3 is 14.8 Å². The molecule has 0 aliphatic carbocycles. The number of methoxy groups -OCH3 is 1. The predicted octanol–water partition coefficient (Wildman–Crippen LogP) is 2.36. The normalized spacial score (nSPS) is 12.2. The number of alkyl carbamates (subject to hydrolysis) is 1. The number of hydrogen-bond donors (Lipinski definition) is 2. The minimum Gasteiger partial charge on any atom is -0.453 e. The van der Waals surface area contributed by atoms with Crippen molar-refractivity contribution < 1.29 is 28.7 Å². The number of imide groups is 1. The molecule has 0 spiro atoms. The van der Waals surface area contributed by atoms with Gasteiger partial charge in [0.25, 0.3) is 11.8 Å². The molecule has 2 atom stereocenters. The number of hydrogen-bond acceptors (Lipinski definition) is 6. The molecule has 0 aromatic heterocycles. The lowest BCUT2D eigenvalue weighted by Gasteiger charge is -2.20. The number of carbonyl (C=O) groups excluding carboxylic acids is 4. The topological polar surface area (TPSA) is 111 Å². The summed E-state index contributed by atoms with van der Waals surface area (Å²) >= 11 is 0. The molecule has 29 heavy (non-hydrogen) atoms. The Morgan fingerprint density at radius 3 is 2.10 bits per heavy atom. The number of rotatable bonds is 7. The van der Waals surface area contributed by atoms with Crippen LogP contribution in [0.25, 0.3) is 0 Å². The molecule has 0 saturated carbocycles. The van der Waals surface area contributed by atoms with E-state index in [9.17, 15) is 19.2 Å². The number of nitrogens with one attached hydrogen (secondary N) is 2. The van der Waals surface area contributed by atoms with Gasteiger partial charge in [-0.15, -0.1) is 0 Å². The van der Waals surface area contributed by atoms with Crippen molar-refractivity contribution in [3.05, 3.63) is 71.8 Å². The second-order valence-electron chi connectivity index (χ2n) is 6.12. The minimum atomic E-state index is -1.21. The zero-order chi connectivity index (χ0) is 21.2. The first-order valence-electron chi connectivity index (χ1n) is 8.90. The maximum atomic E-state index is 12.5. The third-order valence-corrected chi connectivity index (χ3v) is 4.00. The number of esters is 1. The van der Waals surface area contributed by atoms with Gasteiger partial charge in [-0.25, -0.2) is 4.79 Å². The Labute approximate surface area is 168 Å². The van der Waals surface area contributed by atoms with Crippen molar-refractivity contribution >= 4 is 23.9 Å². The molecule has 152 valence electrons. The molecule has 2 aromatic rings. The lowest BCUT2D eigenvalue weighted by Crippen LogP contribution is -2.40. The molecule has 3 amide bonds. The van der Waals surface area contributed by atoms with Gasteiger partial charge >= 0.3 is 12.1 Å². The molecule has 2 N–H and O–H groups in total. The second kappa shape index (κ2) is 10.6. The molecule has 0 unspecified atom stereocenters. The third-order valence-electron chi connectivity index (χ3n) is 4.00. The van der Waals surface area contributed by atoms with Crippen LogP contribution in [0.4, 0.5) is 4.79 Å². The molecule has 8 nitrogen and oxygen atoms in total. The summed E-state index contributed by atoms with van der Waals surface area (Å²) in [6.07, 6.45) is -2.35. The molecule has 0 saturated heterocycles. The van der Waals surface area contributed by atoms with Crippen molar-refractivity contribution in [1.82, 2.24) is 10.6 Å². The molecule has 8 heteroatoms. The molecular weight excluding hydrogens is 376 g/mol. The molecule has 0 fully saturated rings. The van der Waals surface area contributed by atoms with Crippen molar-refractivity contribution in [3.63, 3.8) is 0 Å². The summed E-state index contributed by atoms with van der Waals surface area (Å²) in [5.74, 6) is -1.86. The minimum absolute atomic E-state index is 0.196. The van der Waals surface area contributed by atoms with E-state index < -0.39 is 30.1 Å². The maximum absolute atomic E-state index is 12.5. The number of ether oxygens (including phenoxy) is 2. The summed E-state index contributed by atoms with van der Waals surface area (Å²) in [6, 6.07) is 16.9. The van der Waals surface area contributed by atoms with Gasteiger partial charge in [-0.05, 0) is 24.6 Å². The Balaban J connectivity index is 2.05. The highest BCUT2D eigenvalue weighted by molar-refractivity contribution is 5.95. The van der Waals surface area contributed by atoms with Crippen LogP contribution in [-0.4, -0.2) is 37.1 Å². The highest BCUT2D eigenvalue weighted by atomic mass is 16.6. The first kappa shape index (κ1) is 21.6. The van der Waals surface area contributed by atoms with E-state index in [1.54, 1.807) is 54.6 Å². The molecule has 0 aliphatic rings. The van der Waals surface area contributed by atoms with Crippen LogP contribution in [-0.2, 0) is 19.1 Å². The Bertz CT molecular complexity index is 854. The van der Waals surface area contributed by atoms with Crippen LogP contribution < -0.4 is 10.6 Å². The molecule has 0 heterocycles. The molecule has 2 rings (SSSR count). The number of benzene rings is 2. The van der Waals surface area contributed by atoms with E-state index in [4.69, 9.17) is 4.74 Å². The smallest absolute Gasteiger partial charge is 0.413 e. The van der Waals surface area contributed by atoms with Crippen LogP contribution in [0, 0.1) is 0 Å². The molecule has 0 aliphatic heterocycles. The van der Waals surface area contributed by atoms with E-state index in [0.717, 1.165) is 7.11 Å². The van der Waals surface area contributed by atoms with Gasteiger partial charge in [0.2, 0.25) is 0 Å². The van der Waals surface area contributed by atoms with Gasteiger partial charge in [0.1, 0.15) is 0 Å². The van der Waals surface area contributed by atoms with Crippen LogP contribution in [0.5, 0.6) is 0 Å². The van der Waals surface area contributed by atoms with Crippen molar-refractivity contribution in [1.29, 1.82) is 0 Å². The number of amides is 3.